The predicted molar refractivity (Wildman–Crippen MR) is 79.8 cm³/mol. The van der Waals surface area contributed by atoms with Gasteiger partial charge in [-0.3, -0.25) is 0 Å². The highest BCUT2D eigenvalue weighted by Gasteiger charge is 2.09. The fourth-order valence-electron chi connectivity index (χ4n) is 1.65. The molecule has 0 aliphatic heterocycles. The van der Waals surface area contributed by atoms with Gasteiger partial charge >= 0.3 is 11.9 Å². The molecular formula is C16H16O6. The summed E-state index contributed by atoms with van der Waals surface area (Å²) in [5.74, 6) is -1.84. The van der Waals surface area contributed by atoms with Crippen LogP contribution in [0.5, 0.6) is 11.5 Å². The maximum Gasteiger partial charge on any atom is 0.339 e. The second-order valence-electron chi connectivity index (χ2n) is 4.28. The van der Waals surface area contributed by atoms with E-state index in [0.29, 0.717) is 11.3 Å². The van der Waals surface area contributed by atoms with Gasteiger partial charge in [0.2, 0.25) is 0 Å². The van der Waals surface area contributed by atoms with Crippen molar-refractivity contribution in [1.29, 1.82) is 0 Å². The monoisotopic (exact) mass is 304 g/mol. The van der Waals surface area contributed by atoms with E-state index in [1.54, 1.807) is 37.3 Å². The molecule has 0 saturated heterocycles. The van der Waals surface area contributed by atoms with Crippen LogP contribution in [0, 0.1) is 6.92 Å². The minimum absolute atomic E-state index is 0.0509. The van der Waals surface area contributed by atoms with Crippen molar-refractivity contribution in [2.75, 3.05) is 7.11 Å². The molecule has 0 saturated carbocycles. The summed E-state index contributed by atoms with van der Waals surface area (Å²) in [4.78, 5) is 20.9. The Morgan fingerprint density at radius 3 is 1.91 bits per heavy atom. The molecule has 2 aromatic carbocycles. The molecule has 0 aliphatic carbocycles. The second-order valence-corrected chi connectivity index (χ2v) is 4.28. The Kier molecular flexibility index (Phi) is 5.95. The summed E-state index contributed by atoms with van der Waals surface area (Å²) in [5, 5.41) is 26.3. The predicted octanol–water partition coefficient (Wildman–Crippen LogP) is 2.79. The Labute approximate surface area is 127 Å². The number of benzene rings is 2. The number of carbonyl (C=O) groups is 2. The van der Waals surface area contributed by atoms with Crippen LogP contribution in [0.2, 0.25) is 0 Å². The largest absolute Gasteiger partial charge is 0.507 e. The van der Waals surface area contributed by atoms with Crippen molar-refractivity contribution in [2.24, 2.45) is 0 Å². The maximum atomic E-state index is 10.5. The van der Waals surface area contributed by atoms with Crippen molar-refractivity contribution < 1.29 is 29.6 Å². The first-order chi connectivity index (χ1) is 10.4. The minimum atomic E-state index is -1.11. The van der Waals surface area contributed by atoms with Gasteiger partial charge in [-0.15, -0.1) is 0 Å². The van der Waals surface area contributed by atoms with Crippen LogP contribution < -0.4 is 4.74 Å². The van der Waals surface area contributed by atoms with Gasteiger partial charge in [-0.25, -0.2) is 9.59 Å². The van der Waals surface area contributed by atoms with Crippen molar-refractivity contribution >= 4 is 11.9 Å². The molecule has 3 N–H and O–H groups in total. The highest BCUT2D eigenvalue weighted by Crippen LogP contribution is 2.20. The number of carboxylic acid groups (broad SMARTS) is 2. The van der Waals surface area contributed by atoms with Gasteiger partial charge in [0.05, 0.1) is 7.11 Å². The number of aromatic hydroxyl groups is 1. The van der Waals surface area contributed by atoms with Crippen molar-refractivity contribution in [3.05, 3.63) is 59.2 Å². The van der Waals surface area contributed by atoms with E-state index in [1.807, 2.05) is 0 Å². The lowest BCUT2D eigenvalue weighted by molar-refractivity contribution is 0.0682. The van der Waals surface area contributed by atoms with E-state index >= 15 is 0 Å². The molecule has 0 unspecified atom stereocenters. The maximum absolute atomic E-state index is 10.5. The first-order valence-corrected chi connectivity index (χ1v) is 6.26. The molecule has 116 valence electrons. The van der Waals surface area contributed by atoms with Crippen LogP contribution in [0.3, 0.4) is 0 Å². The summed E-state index contributed by atoms with van der Waals surface area (Å²) in [7, 11) is 1.45. The molecule has 0 aliphatic rings. The summed E-state index contributed by atoms with van der Waals surface area (Å²) in [6.45, 7) is 1.65. The van der Waals surface area contributed by atoms with E-state index in [-0.39, 0.29) is 16.9 Å². The van der Waals surface area contributed by atoms with Crippen LogP contribution >= 0.6 is 0 Å². The molecule has 0 fully saturated rings. The molecule has 6 heteroatoms. The van der Waals surface area contributed by atoms with Gasteiger partial charge in [0.15, 0.2) is 0 Å². The third-order valence-corrected chi connectivity index (χ3v) is 2.81. The molecule has 2 rings (SSSR count). The first kappa shape index (κ1) is 17.0. The fraction of sp³-hybridized carbons (Fsp3) is 0.125. The molecule has 6 nitrogen and oxygen atoms in total. The van der Waals surface area contributed by atoms with E-state index in [2.05, 4.69) is 0 Å². The number of para-hydroxylation sites is 2. The van der Waals surface area contributed by atoms with Crippen molar-refractivity contribution in [3.63, 3.8) is 0 Å². The average molecular weight is 304 g/mol. The third kappa shape index (κ3) is 4.24. The van der Waals surface area contributed by atoms with Gasteiger partial charge in [0.1, 0.15) is 22.6 Å². The van der Waals surface area contributed by atoms with Gasteiger partial charge in [-0.1, -0.05) is 24.3 Å². The molecular weight excluding hydrogens is 288 g/mol. The number of aromatic carboxylic acids is 2. The summed E-state index contributed by atoms with van der Waals surface area (Å²) < 4.78 is 4.83. The highest BCUT2D eigenvalue weighted by atomic mass is 16.5. The van der Waals surface area contributed by atoms with Gasteiger partial charge in [0, 0.05) is 0 Å². The minimum Gasteiger partial charge on any atom is -0.507 e. The SMILES string of the molecule is COc1ccccc1C(=O)O.Cc1cccc(C(=O)O)c1O. The van der Waals surface area contributed by atoms with Crippen LogP contribution in [0.25, 0.3) is 0 Å². The number of ether oxygens (including phenoxy) is 1. The molecule has 0 spiro atoms. The highest BCUT2D eigenvalue weighted by molar-refractivity contribution is 5.91. The fourth-order valence-corrected chi connectivity index (χ4v) is 1.65. The molecule has 0 heterocycles. The molecule has 0 amide bonds. The van der Waals surface area contributed by atoms with Gasteiger partial charge in [-0.2, -0.15) is 0 Å². The zero-order valence-corrected chi connectivity index (χ0v) is 12.1. The average Bonchev–Trinajstić information content (AvgIpc) is 2.50. The summed E-state index contributed by atoms with van der Waals surface area (Å²) in [6.07, 6.45) is 0. The summed E-state index contributed by atoms with van der Waals surface area (Å²) in [5.41, 5.74) is 0.713. The van der Waals surface area contributed by atoms with Gasteiger partial charge < -0.3 is 20.1 Å². The molecule has 0 bridgehead atoms. The topological polar surface area (TPSA) is 104 Å². The van der Waals surface area contributed by atoms with Crippen molar-refractivity contribution in [3.8, 4) is 11.5 Å². The number of aryl methyl sites for hydroxylation is 1. The van der Waals surface area contributed by atoms with E-state index < -0.39 is 11.9 Å². The number of rotatable bonds is 3. The van der Waals surface area contributed by atoms with E-state index in [9.17, 15) is 14.7 Å². The van der Waals surface area contributed by atoms with Crippen molar-refractivity contribution in [2.45, 2.75) is 6.92 Å². The lowest BCUT2D eigenvalue weighted by Gasteiger charge is -2.01. The molecule has 2 aromatic rings. The number of methoxy groups -OCH3 is 1. The first-order valence-electron chi connectivity index (χ1n) is 6.26. The van der Waals surface area contributed by atoms with E-state index in [4.69, 9.17) is 14.9 Å². The smallest absolute Gasteiger partial charge is 0.339 e. The Morgan fingerprint density at radius 1 is 0.909 bits per heavy atom. The quantitative estimate of drug-likeness (QED) is 0.805. The third-order valence-electron chi connectivity index (χ3n) is 2.81. The molecule has 22 heavy (non-hydrogen) atoms. The standard InChI is InChI=1S/2C8H8O3/c1-11-7-5-3-2-4-6(7)8(9)10;1-5-3-2-4-6(7(5)9)8(10)11/h2-5H,1H3,(H,9,10);2-4,9H,1H3,(H,10,11). The van der Waals surface area contributed by atoms with Crippen molar-refractivity contribution in [1.82, 2.24) is 0 Å². The number of phenols is 1. The molecule has 0 radical (unpaired) electrons. The Morgan fingerprint density at radius 2 is 1.45 bits per heavy atom. The Bertz CT molecular complexity index is 678. The lowest BCUT2D eigenvalue weighted by atomic mass is 10.1. The summed E-state index contributed by atoms with van der Waals surface area (Å²) >= 11 is 0. The number of hydrogen-bond acceptors (Lipinski definition) is 4. The Balaban J connectivity index is 0.000000220. The molecule has 0 aromatic heterocycles. The van der Waals surface area contributed by atoms with Crippen LogP contribution in [0.4, 0.5) is 0 Å². The van der Waals surface area contributed by atoms with Gasteiger partial charge in [0.25, 0.3) is 0 Å². The lowest BCUT2D eigenvalue weighted by Crippen LogP contribution is -1.99. The zero-order valence-electron chi connectivity index (χ0n) is 12.1. The van der Waals surface area contributed by atoms with Gasteiger partial charge in [-0.05, 0) is 30.7 Å². The van der Waals surface area contributed by atoms with E-state index in [0.717, 1.165) is 0 Å². The normalized spacial score (nSPS) is 9.36. The number of carboxylic acids is 2. The second kappa shape index (κ2) is 7.68. The van der Waals surface area contributed by atoms with Crippen LogP contribution in [0.15, 0.2) is 42.5 Å². The molecule has 0 atom stereocenters. The van der Waals surface area contributed by atoms with E-state index in [1.165, 1.54) is 19.2 Å². The zero-order chi connectivity index (χ0) is 16.7. The number of hydrogen-bond donors (Lipinski definition) is 3. The Hall–Kier alpha value is -3.02. The van der Waals surface area contributed by atoms with Crippen LogP contribution in [0.1, 0.15) is 26.3 Å². The summed E-state index contributed by atoms with van der Waals surface area (Å²) in [6, 6.07) is 11.1. The van der Waals surface area contributed by atoms with Crippen LogP contribution in [-0.4, -0.2) is 34.4 Å². The van der Waals surface area contributed by atoms with Crippen LogP contribution in [-0.2, 0) is 0 Å².